The molecule has 2 saturated heterocycles. The first-order valence-corrected chi connectivity index (χ1v) is 10.0. The number of nitrogens with one attached hydrogen (secondary N) is 1. The second kappa shape index (κ2) is 6.10. The summed E-state index contributed by atoms with van der Waals surface area (Å²) in [6.07, 6.45) is 0. The van der Waals surface area contributed by atoms with Gasteiger partial charge in [0.15, 0.2) is 0 Å². The van der Waals surface area contributed by atoms with Gasteiger partial charge < -0.3 is 19.8 Å². The number of aromatic nitrogens is 1. The SMILES string of the molecule is Cc1onc(-c2cccs2)c1C(=O)NC1C(=O)N2C1SC(C)(C)C2C(=O)O. The molecule has 27 heavy (non-hydrogen) atoms. The molecule has 0 aromatic carbocycles. The molecule has 2 aliphatic heterocycles. The van der Waals surface area contributed by atoms with Crippen LogP contribution in [0.3, 0.4) is 0 Å². The Balaban J connectivity index is 1.57. The van der Waals surface area contributed by atoms with E-state index in [1.54, 1.807) is 20.8 Å². The largest absolute Gasteiger partial charge is 0.480 e. The quantitative estimate of drug-likeness (QED) is 0.745. The number of nitrogens with zero attached hydrogens (tertiary/aromatic N) is 2. The van der Waals surface area contributed by atoms with Crippen molar-refractivity contribution in [2.45, 2.75) is 43.0 Å². The van der Waals surface area contributed by atoms with Crippen molar-refractivity contribution in [3.63, 3.8) is 0 Å². The van der Waals surface area contributed by atoms with Crippen LogP contribution in [0.25, 0.3) is 10.6 Å². The van der Waals surface area contributed by atoms with Gasteiger partial charge in [-0.15, -0.1) is 23.1 Å². The molecule has 8 nitrogen and oxygen atoms in total. The van der Waals surface area contributed by atoms with Crippen molar-refractivity contribution in [2.75, 3.05) is 0 Å². The molecule has 0 saturated carbocycles. The summed E-state index contributed by atoms with van der Waals surface area (Å²) >= 11 is 2.82. The zero-order valence-electron chi connectivity index (χ0n) is 14.8. The molecule has 3 atom stereocenters. The Bertz CT molecular complexity index is 937. The van der Waals surface area contributed by atoms with Gasteiger partial charge in [-0.25, -0.2) is 4.79 Å². The van der Waals surface area contributed by atoms with Crippen LogP contribution < -0.4 is 5.32 Å². The highest BCUT2D eigenvalue weighted by atomic mass is 32.2. The summed E-state index contributed by atoms with van der Waals surface area (Å²) in [6.45, 7) is 5.22. The first kappa shape index (κ1) is 18.1. The average Bonchev–Trinajstić information content (AvgIpc) is 3.28. The van der Waals surface area contributed by atoms with Crippen LogP contribution in [0.15, 0.2) is 22.0 Å². The van der Waals surface area contributed by atoms with E-state index >= 15 is 0 Å². The molecule has 0 bridgehead atoms. The van der Waals surface area contributed by atoms with E-state index in [1.165, 1.54) is 28.0 Å². The third kappa shape index (κ3) is 2.66. The van der Waals surface area contributed by atoms with Crippen molar-refractivity contribution in [3.05, 3.63) is 28.8 Å². The molecule has 2 aromatic heterocycles. The van der Waals surface area contributed by atoms with Gasteiger partial charge in [0.25, 0.3) is 5.91 Å². The smallest absolute Gasteiger partial charge is 0.327 e. The molecule has 0 aliphatic carbocycles. The highest BCUT2D eigenvalue weighted by Crippen LogP contribution is 2.50. The summed E-state index contributed by atoms with van der Waals surface area (Å²) in [7, 11) is 0. The Kier molecular flexibility index (Phi) is 4.08. The van der Waals surface area contributed by atoms with E-state index < -0.39 is 34.1 Å². The maximum absolute atomic E-state index is 12.9. The third-order valence-electron chi connectivity index (χ3n) is 4.81. The molecule has 10 heteroatoms. The molecule has 2 N–H and O–H groups in total. The summed E-state index contributed by atoms with van der Waals surface area (Å²) < 4.78 is 4.55. The number of thioether (sulfide) groups is 1. The number of carboxylic acid groups (broad SMARTS) is 1. The Morgan fingerprint density at radius 2 is 2.15 bits per heavy atom. The van der Waals surface area contributed by atoms with Crippen molar-refractivity contribution < 1.29 is 24.0 Å². The Morgan fingerprint density at radius 3 is 2.78 bits per heavy atom. The van der Waals surface area contributed by atoms with Crippen LogP contribution in [-0.2, 0) is 9.59 Å². The minimum absolute atomic E-state index is 0.292. The molecule has 2 aliphatic rings. The summed E-state index contributed by atoms with van der Waals surface area (Å²) in [5.74, 6) is -1.51. The fourth-order valence-corrected chi connectivity index (χ4v) is 5.92. The summed E-state index contributed by atoms with van der Waals surface area (Å²) in [4.78, 5) is 39.1. The maximum atomic E-state index is 12.9. The fraction of sp³-hybridized carbons (Fsp3) is 0.412. The molecule has 142 valence electrons. The van der Waals surface area contributed by atoms with Gasteiger partial charge in [0.2, 0.25) is 5.91 Å². The van der Waals surface area contributed by atoms with Gasteiger partial charge >= 0.3 is 5.97 Å². The van der Waals surface area contributed by atoms with Crippen molar-refractivity contribution >= 4 is 40.9 Å². The topological polar surface area (TPSA) is 113 Å². The van der Waals surface area contributed by atoms with Crippen LogP contribution in [0.2, 0.25) is 0 Å². The molecular formula is C17H17N3O5S2. The zero-order valence-corrected chi connectivity index (χ0v) is 16.4. The molecule has 2 fully saturated rings. The van der Waals surface area contributed by atoms with Crippen LogP contribution in [0.4, 0.5) is 0 Å². The Morgan fingerprint density at radius 1 is 1.41 bits per heavy atom. The first-order chi connectivity index (χ1) is 12.7. The van der Waals surface area contributed by atoms with Crippen molar-refractivity contribution in [2.24, 2.45) is 0 Å². The van der Waals surface area contributed by atoms with Gasteiger partial charge in [0.05, 0.1) is 4.88 Å². The lowest BCUT2D eigenvalue weighted by molar-refractivity contribution is -0.159. The molecule has 3 unspecified atom stereocenters. The summed E-state index contributed by atoms with van der Waals surface area (Å²) in [5.41, 5.74) is 0.729. The third-order valence-corrected chi connectivity index (χ3v) is 7.25. The summed E-state index contributed by atoms with van der Waals surface area (Å²) in [5, 5.41) is 17.7. The highest BCUT2D eigenvalue weighted by molar-refractivity contribution is 8.01. The van der Waals surface area contributed by atoms with Gasteiger partial charge in [-0.2, -0.15) is 0 Å². The summed E-state index contributed by atoms with van der Waals surface area (Å²) in [6, 6.07) is 2.01. The normalized spacial score (nSPS) is 25.8. The minimum atomic E-state index is -1.04. The average molecular weight is 407 g/mol. The second-order valence-corrected chi connectivity index (χ2v) is 9.71. The lowest BCUT2D eigenvalue weighted by Crippen LogP contribution is -2.70. The molecule has 2 aromatic rings. The highest BCUT2D eigenvalue weighted by Gasteiger charge is 2.64. The van der Waals surface area contributed by atoms with Crippen molar-refractivity contribution in [1.29, 1.82) is 0 Å². The van der Waals surface area contributed by atoms with Crippen LogP contribution >= 0.6 is 23.1 Å². The van der Waals surface area contributed by atoms with E-state index in [1.807, 2.05) is 17.5 Å². The number of aryl methyl sites for hydroxylation is 1. The Hall–Kier alpha value is -2.33. The number of β-lactam (4-membered cyclic amide) rings is 1. The fourth-order valence-electron chi connectivity index (χ4n) is 3.58. The van der Waals surface area contributed by atoms with E-state index in [-0.39, 0.29) is 5.91 Å². The van der Waals surface area contributed by atoms with Gasteiger partial charge in [-0.3, -0.25) is 9.59 Å². The van der Waals surface area contributed by atoms with Gasteiger partial charge in [0, 0.05) is 4.75 Å². The zero-order chi connectivity index (χ0) is 19.5. The lowest BCUT2D eigenvalue weighted by atomic mass is 9.96. The standard InChI is InChI=1S/C17H17N3O5S2/c1-7-9(10(19-25-7)8-5-4-6-26-8)13(21)18-11-14(22)20-12(16(23)24)17(2,3)27-15(11)20/h4-6,11-12,15H,1-3H3,(H,18,21)(H,23,24). The molecule has 2 amide bonds. The van der Waals surface area contributed by atoms with Crippen LogP contribution in [0, 0.1) is 6.92 Å². The number of hydrogen-bond acceptors (Lipinski definition) is 7. The number of aliphatic carboxylic acids is 1. The van der Waals surface area contributed by atoms with Gasteiger partial charge in [-0.1, -0.05) is 11.2 Å². The van der Waals surface area contributed by atoms with E-state index in [2.05, 4.69) is 10.5 Å². The van der Waals surface area contributed by atoms with Crippen molar-refractivity contribution in [3.8, 4) is 10.6 Å². The van der Waals surface area contributed by atoms with E-state index in [4.69, 9.17) is 4.52 Å². The first-order valence-electron chi connectivity index (χ1n) is 8.26. The van der Waals surface area contributed by atoms with Crippen LogP contribution in [-0.4, -0.2) is 55.2 Å². The number of carboxylic acids is 1. The number of thiophene rings is 1. The van der Waals surface area contributed by atoms with E-state index in [0.29, 0.717) is 17.0 Å². The molecule has 0 radical (unpaired) electrons. The molecule has 4 rings (SSSR count). The number of fused-ring (bicyclic) bond motifs is 1. The molecular weight excluding hydrogens is 390 g/mol. The lowest BCUT2D eigenvalue weighted by Gasteiger charge is -2.43. The molecule has 0 spiro atoms. The van der Waals surface area contributed by atoms with E-state index in [9.17, 15) is 19.5 Å². The number of amides is 2. The van der Waals surface area contributed by atoms with Gasteiger partial charge in [-0.05, 0) is 32.2 Å². The minimum Gasteiger partial charge on any atom is -0.480 e. The van der Waals surface area contributed by atoms with Crippen LogP contribution in [0.1, 0.15) is 30.0 Å². The predicted octanol–water partition coefficient (Wildman–Crippen LogP) is 1.96. The number of carbonyl (C=O) groups is 3. The number of carbonyl (C=O) groups excluding carboxylic acids is 2. The van der Waals surface area contributed by atoms with E-state index in [0.717, 1.165) is 4.88 Å². The van der Waals surface area contributed by atoms with Crippen molar-refractivity contribution in [1.82, 2.24) is 15.4 Å². The van der Waals surface area contributed by atoms with Crippen LogP contribution in [0.5, 0.6) is 0 Å². The maximum Gasteiger partial charge on any atom is 0.327 e. The Labute approximate surface area is 162 Å². The van der Waals surface area contributed by atoms with Gasteiger partial charge in [0.1, 0.15) is 34.5 Å². The number of rotatable bonds is 4. The molecule has 4 heterocycles. The monoisotopic (exact) mass is 407 g/mol. The number of hydrogen-bond donors (Lipinski definition) is 2. The second-order valence-electron chi connectivity index (χ2n) is 6.99. The predicted molar refractivity (Wildman–Crippen MR) is 99.5 cm³/mol.